The first-order valence-corrected chi connectivity index (χ1v) is 11.4. The van der Waals surface area contributed by atoms with Crippen LogP contribution in [0.2, 0.25) is 0 Å². The van der Waals surface area contributed by atoms with E-state index in [0.29, 0.717) is 28.1 Å². The molecule has 0 aromatic heterocycles. The Hall–Kier alpha value is -3.61. The normalized spacial score (nSPS) is 10.8. The van der Waals surface area contributed by atoms with Crippen LogP contribution in [0.1, 0.15) is 21.5 Å². The van der Waals surface area contributed by atoms with Crippen molar-refractivity contribution in [1.82, 2.24) is 0 Å². The number of methoxy groups -OCH3 is 1. The maximum absolute atomic E-state index is 12.6. The van der Waals surface area contributed by atoms with E-state index in [1.807, 2.05) is 30.3 Å². The number of hydrogen-bond acceptors (Lipinski definition) is 5. The van der Waals surface area contributed by atoms with E-state index in [0.717, 1.165) is 10.0 Å². The molecule has 7 nitrogen and oxygen atoms in total. The van der Waals surface area contributed by atoms with Gasteiger partial charge < -0.3 is 19.9 Å². The monoisotopic (exact) mass is 584 g/mol. The molecule has 0 bridgehead atoms. The van der Waals surface area contributed by atoms with Crippen LogP contribution in [-0.2, 0) is 11.4 Å². The number of halogens is 2. The Bertz CT molecular complexity index is 1300. The number of aromatic carboxylic acids is 1. The summed E-state index contributed by atoms with van der Waals surface area (Å²) < 4.78 is 12.9. The van der Waals surface area contributed by atoms with Crippen LogP contribution >= 0.6 is 31.9 Å². The Labute approximate surface area is 212 Å². The van der Waals surface area contributed by atoms with E-state index >= 15 is 0 Å². The lowest BCUT2D eigenvalue weighted by atomic mass is 10.1. The molecule has 0 aliphatic carbocycles. The summed E-state index contributed by atoms with van der Waals surface area (Å²) in [7, 11) is 1.50. The Kier molecular flexibility index (Phi) is 8.46. The van der Waals surface area contributed by atoms with Crippen LogP contribution in [0.15, 0.2) is 75.2 Å². The molecule has 0 unspecified atom stereocenters. The van der Waals surface area contributed by atoms with Gasteiger partial charge in [-0.15, -0.1) is 0 Å². The number of anilines is 1. The summed E-state index contributed by atoms with van der Waals surface area (Å²) in [5.41, 5.74) is 1.62. The van der Waals surface area contributed by atoms with Gasteiger partial charge in [-0.1, -0.05) is 34.1 Å². The van der Waals surface area contributed by atoms with Crippen LogP contribution < -0.4 is 14.8 Å². The summed E-state index contributed by atoms with van der Waals surface area (Å²) in [6.07, 6.45) is 1.40. The molecule has 0 saturated carbocycles. The highest BCUT2D eigenvalue weighted by molar-refractivity contribution is 9.10. The number of rotatable bonds is 8. The zero-order chi connectivity index (χ0) is 24.7. The molecular formula is C25H18Br2N2O5. The Morgan fingerprint density at radius 1 is 1.12 bits per heavy atom. The molecule has 0 atom stereocenters. The van der Waals surface area contributed by atoms with E-state index in [1.165, 1.54) is 37.5 Å². The number of carbonyl (C=O) groups excluding carboxylic acids is 1. The van der Waals surface area contributed by atoms with Crippen LogP contribution in [0.3, 0.4) is 0 Å². The number of amides is 1. The lowest BCUT2D eigenvalue weighted by Crippen LogP contribution is -2.14. The smallest absolute Gasteiger partial charge is 0.335 e. The molecule has 0 spiro atoms. The van der Waals surface area contributed by atoms with Gasteiger partial charge in [0.1, 0.15) is 18.2 Å². The standard InChI is InChI=1S/C25H18Br2N2O5/c1-33-22-11-16(10-21(27)23(22)34-14-15-5-7-19(26)8-6-15)9-18(13-28)24(30)29-20-4-2-3-17(12-20)25(31)32/h2-12H,14H2,1H3,(H,29,30)(H,31,32). The zero-order valence-electron chi connectivity index (χ0n) is 17.8. The molecule has 34 heavy (non-hydrogen) atoms. The van der Waals surface area contributed by atoms with Crippen molar-refractivity contribution in [1.29, 1.82) is 5.26 Å². The van der Waals surface area contributed by atoms with Crippen LogP contribution in [-0.4, -0.2) is 24.1 Å². The summed E-state index contributed by atoms with van der Waals surface area (Å²) in [5, 5.41) is 21.2. The van der Waals surface area contributed by atoms with Crippen molar-refractivity contribution in [2.24, 2.45) is 0 Å². The fraction of sp³-hybridized carbons (Fsp3) is 0.0800. The van der Waals surface area contributed by atoms with Crippen molar-refractivity contribution >= 4 is 55.5 Å². The molecule has 0 saturated heterocycles. The zero-order valence-corrected chi connectivity index (χ0v) is 21.0. The average molecular weight is 586 g/mol. The van der Waals surface area contributed by atoms with Crippen molar-refractivity contribution in [3.8, 4) is 17.6 Å². The summed E-state index contributed by atoms with van der Waals surface area (Å²) >= 11 is 6.87. The Morgan fingerprint density at radius 2 is 1.85 bits per heavy atom. The van der Waals surface area contributed by atoms with E-state index in [2.05, 4.69) is 37.2 Å². The number of ether oxygens (including phenoxy) is 2. The fourth-order valence-corrected chi connectivity index (χ4v) is 3.78. The van der Waals surface area contributed by atoms with Gasteiger partial charge in [-0.25, -0.2) is 4.79 Å². The van der Waals surface area contributed by atoms with Crippen LogP contribution in [0.4, 0.5) is 5.69 Å². The van der Waals surface area contributed by atoms with Crippen LogP contribution in [0, 0.1) is 11.3 Å². The summed E-state index contributed by atoms with van der Waals surface area (Å²) in [4.78, 5) is 23.7. The number of carboxylic acid groups (broad SMARTS) is 1. The quantitative estimate of drug-likeness (QED) is 0.246. The molecule has 0 radical (unpaired) electrons. The van der Waals surface area contributed by atoms with Gasteiger partial charge >= 0.3 is 5.97 Å². The second-order valence-corrected chi connectivity index (χ2v) is 8.73. The second kappa shape index (κ2) is 11.5. The summed E-state index contributed by atoms with van der Waals surface area (Å²) in [5.74, 6) is -0.886. The first-order chi connectivity index (χ1) is 16.3. The maximum Gasteiger partial charge on any atom is 0.335 e. The van der Waals surface area contributed by atoms with Gasteiger partial charge in [0.2, 0.25) is 0 Å². The second-order valence-electron chi connectivity index (χ2n) is 6.96. The summed E-state index contributed by atoms with van der Waals surface area (Å²) in [6, 6.07) is 18.7. The van der Waals surface area contributed by atoms with E-state index < -0.39 is 11.9 Å². The maximum atomic E-state index is 12.6. The molecular weight excluding hydrogens is 568 g/mol. The minimum absolute atomic E-state index is 0.0210. The van der Waals surface area contributed by atoms with Crippen LogP contribution in [0.5, 0.6) is 11.5 Å². The van der Waals surface area contributed by atoms with Gasteiger partial charge in [0.05, 0.1) is 17.1 Å². The number of nitrogens with zero attached hydrogens (tertiary/aromatic N) is 1. The molecule has 3 aromatic carbocycles. The molecule has 0 aliphatic heterocycles. The SMILES string of the molecule is COc1cc(C=C(C#N)C(=O)Nc2cccc(C(=O)O)c2)cc(Br)c1OCc1ccc(Br)cc1. The number of nitriles is 1. The fourth-order valence-electron chi connectivity index (χ4n) is 2.94. The molecule has 3 aromatic rings. The van der Waals surface area contributed by atoms with Crippen molar-refractivity contribution in [2.75, 3.05) is 12.4 Å². The van der Waals surface area contributed by atoms with Crippen molar-refractivity contribution < 1.29 is 24.2 Å². The van der Waals surface area contributed by atoms with Crippen molar-refractivity contribution in [2.45, 2.75) is 6.61 Å². The highest BCUT2D eigenvalue weighted by atomic mass is 79.9. The van der Waals surface area contributed by atoms with E-state index in [4.69, 9.17) is 14.6 Å². The average Bonchev–Trinajstić information content (AvgIpc) is 2.82. The summed E-state index contributed by atoms with van der Waals surface area (Å²) in [6.45, 7) is 0.318. The third kappa shape index (κ3) is 6.47. The molecule has 1 amide bonds. The van der Waals surface area contributed by atoms with Gasteiger partial charge in [-0.05, 0) is 75.6 Å². The lowest BCUT2D eigenvalue weighted by molar-refractivity contribution is -0.112. The van der Waals surface area contributed by atoms with Gasteiger partial charge in [0.15, 0.2) is 11.5 Å². The van der Waals surface area contributed by atoms with E-state index in [1.54, 1.807) is 12.1 Å². The van der Waals surface area contributed by atoms with Gasteiger partial charge in [-0.3, -0.25) is 4.79 Å². The third-order valence-electron chi connectivity index (χ3n) is 4.59. The van der Waals surface area contributed by atoms with Crippen molar-refractivity contribution in [3.63, 3.8) is 0 Å². The minimum Gasteiger partial charge on any atom is -0.493 e. The number of hydrogen-bond donors (Lipinski definition) is 2. The van der Waals surface area contributed by atoms with Gasteiger partial charge in [0, 0.05) is 10.2 Å². The van der Waals surface area contributed by atoms with Crippen molar-refractivity contribution in [3.05, 3.63) is 91.9 Å². The van der Waals surface area contributed by atoms with Crippen LogP contribution in [0.25, 0.3) is 6.08 Å². The number of benzene rings is 3. The molecule has 9 heteroatoms. The topological polar surface area (TPSA) is 109 Å². The number of carboxylic acids is 1. The molecule has 0 aliphatic rings. The van der Waals surface area contributed by atoms with E-state index in [9.17, 15) is 14.9 Å². The largest absolute Gasteiger partial charge is 0.493 e. The Balaban J connectivity index is 1.81. The lowest BCUT2D eigenvalue weighted by Gasteiger charge is -2.14. The molecule has 0 heterocycles. The number of nitrogens with one attached hydrogen (secondary N) is 1. The predicted molar refractivity (Wildman–Crippen MR) is 135 cm³/mol. The molecule has 2 N–H and O–H groups in total. The Morgan fingerprint density at radius 3 is 2.50 bits per heavy atom. The first kappa shape index (κ1) is 25.0. The first-order valence-electron chi connectivity index (χ1n) is 9.82. The highest BCUT2D eigenvalue weighted by Crippen LogP contribution is 2.38. The molecule has 3 rings (SSSR count). The van der Waals surface area contributed by atoms with E-state index in [-0.39, 0.29) is 16.8 Å². The van der Waals surface area contributed by atoms with Gasteiger partial charge in [0.25, 0.3) is 5.91 Å². The number of carbonyl (C=O) groups is 2. The molecule has 172 valence electrons. The highest BCUT2D eigenvalue weighted by Gasteiger charge is 2.15. The minimum atomic E-state index is -1.12. The molecule has 0 fully saturated rings. The van der Waals surface area contributed by atoms with Gasteiger partial charge in [-0.2, -0.15) is 5.26 Å². The predicted octanol–water partition coefficient (Wildman–Crippen LogP) is 6.04. The third-order valence-corrected chi connectivity index (χ3v) is 5.71.